The summed E-state index contributed by atoms with van der Waals surface area (Å²) in [5.41, 5.74) is 0. The van der Waals surface area contributed by atoms with E-state index in [1.165, 1.54) is 25.6 Å². The minimum atomic E-state index is -0.420. The molecule has 4 nitrogen and oxygen atoms in total. The highest BCUT2D eigenvalue weighted by Gasteiger charge is 2.43. The van der Waals surface area contributed by atoms with Gasteiger partial charge in [0, 0.05) is 19.6 Å². The van der Waals surface area contributed by atoms with E-state index in [2.05, 4.69) is 0 Å². The lowest BCUT2D eigenvalue weighted by Crippen LogP contribution is -2.33. The number of carbonyl (C=O) groups excluding carboxylic acids is 3. The number of thioether (sulfide) groups is 2. The number of esters is 1. The molecule has 1 aliphatic heterocycles. The van der Waals surface area contributed by atoms with Gasteiger partial charge in [-0.1, -0.05) is 23.5 Å². The van der Waals surface area contributed by atoms with Gasteiger partial charge in [-0.05, 0) is 20.3 Å². The van der Waals surface area contributed by atoms with Crippen LogP contribution in [0.15, 0.2) is 0 Å². The first-order chi connectivity index (χ1) is 8.22. The average Bonchev–Trinajstić information content (AvgIpc) is 2.55. The molecule has 1 saturated heterocycles. The predicted octanol–water partition coefficient (Wildman–Crippen LogP) is 2.26. The molecule has 0 aromatic carbocycles. The quantitative estimate of drug-likeness (QED) is 0.740. The Morgan fingerprint density at radius 2 is 1.94 bits per heavy atom. The average molecular weight is 290 g/mol. The van der Waals surface area contributed by atoms with E-state index >= 15 is 0 Å². The zero-order valence-electron chi connectivity index (χ0n) is 11.0. The molecular formula is C12H18O4S2. The van der Waals surface area contributed by atoms with Crippen molar-refractivity contribution in [2.75, 3.05) is 5.75 Å². The molecule has 1 heterocycles. The fourth-order valence-corrected chi connectivity index (χ4v) is 3.58. The highest BCUT2D eigenvalue weighted by atomic mass is 32.2. The van der Waals surface area contributed by atoms with Crippen LogP contribution in [0.5, 0.6) is 0 Å². The lowest BCUT2D eigenvalue weighted by Gasteiger charge is -2.28. The molecule has 0 saturated carbocycles. The van der Waals surface area contributed by atoms with Gasteiger partial charge in [0.15, 0.2) is 10.2 Å². The van der Waals surface area contributed by atoms with E-state index in [0.717, 1.165) is 11.8 Å². The van der Waals surface area contributed by atoms with Crippen LogP contribution in [-0.4, -0.2) is 32.8 Å². The van der Waals surface area contributed by atoms with Crippen LogP contribution < -0.4 is 0 Å². The van der Waals surface area contributed by atoms with E-state index in [1.807, 2.05) is 13.8 Å². The van der Waals surface area contributed by atoms with Gasteiger partial charge >= 0.3 is 5.97 Å². The van der Waals surface area contributed by atoms with Crippen molar-refractivity contribution in [3.05, 3.63) is 0 Å². The Labute approximate surface area is 116 Å². The van der Waals surface area contributed by atoms with E-state index in [0.29, 0.717) is 12.2 Å². The monoisotopic (exact) mass is 290 g/mol. The maximum Gasteiger partial charge on any atom is 0.310 e. The third-order valence-electron chi connectivity index (χ3n) is 2.76. The molecule has 0 aromatic rings. The number of hydrogen-bond donors (Lipinski definition) is 0. The van der Waals surface area contributed by atoms with Crippen molar-refractivity contribution in [2.24, 2.45) is 5.92 Å². The van der Waals surface area contributed by atoms with Crippen LogP contribution >= 0.6 is 23.5 Å². The summed E-state index contributed by atoms with van der Waals surface area (Å²) in [5, 5.41) is 0.0150. The lowest BCUT2D eigenvalue weighted by molar-refractivity contribution is -0.144. The maximum absolute atomic E-state index is 11.7. The summed E-state index contributed by atoms with van der Waals surface area (Å²) in [7, 11) is 0. The summed E-state index contributed by atoms with van der Waals surface area (Å²) in [6.45, 7) is 6.79. The molecule has 18 heavy (non-hydrogen) atoms. The van der Waals surface area contributed by atoms with Gasteiger partial charge in [0.05, 0.1) is 10.7 Å². The van der Waals surface area contributed by atoms with Crippen molar-refractivity contribution in [1.29, 1.82) is 0 Å². The fraction of sp³-hybridized carbons (Fsp3) is 0.750. The summed E-state index contributed by atoms with van der Waals surface area (Å²) in [6, 6.07) is 0. The molecule has 6 heteroatoms. The first kappa shape index (κ1) is 15.6. The van der Waals surface area contributed by atoms with Gasteiger partial charge in [-0.25, -0.2) is 0 Å². The summed E-state index contributed by atoms with van der Waals surface area (Å²) in [5.74, 6) is -0.0346. The second-order valence-corrected chi connectivity index (χ2v) is 7.89. The van der Waals surface area contributed by atoms with Crippen LogP contribution in [0.1, 0.15) is 34.1 Å². The molecule has 0 unspecified atom stereocenters. The Bertz CT molecular complexity index is 365. The van der Waals surface area contributed by atoms with Crippen LogP contribution in [0.4, 0.5) is 0 Å². The van der Waals surface area contributed by atoms with Crippen LogP contribution in [0.3, 0.4) is 0 Å². The summed E-state index contributed by atoms with van der Waals surface area (Å²) in [6.07, 6.45) is 0.309. The van der Waals surface area contributed by atoms with Crippen LogP contribution in [0.2, 0.25) is 0 Å². The Hall–Kier alpha value is -0.490. The number of ether oxygens (including phenoxy) is 1. The van der Waals surface area contributed by atoms with Crippen molar-refractivity contribution in [1.82, 2.24) is 0 Å². The molecule has 0 bridgehead atoms. The third kappa shape index (κ3) is 4.31. The van der Waals surface area contributed by atoms with Crippen molar-refractivity contribution in [3.8, 4) is 0 Å². The summed E-state index contributed by atoms with van der Waals surface area (Å²) >= 11 is 2.34. The largest absolute Gasteiger partial charge is 0.461 e. The molecule has 0 aliphatic carbocycles. The zero-order chi connectivity index (χ0) is 13.9. The van der Waals surface area contributed by atoms with Gasteiger partial charge in [0.2, 0.25) is 0 Å². The Balaban J connectivity index is 2.59. The summed E-state index contributed by atoms with van der Waals surface area (Å²) in [4.78, 5) is 33.7. The van der Waals surface area contributed by atoms with Gasteiger partial charge in [-0.3, -0.25) is 14.4 Å². The first-order valence-electron chi connectivity index (χ1n) is 5.76. The highest BCUT2D eigenvalue weighted by molar-refractivity contribution is 8.14. The van der Waals surface area contributed by atoms with Crippen molar-refractivity contribution in [2.45, 2.75) is 45.0 Å². The van der Waals surface area contributed by atoms with Gasteiger partial charge < -0.3 is 4.74 Å². The topological polar surface area (TPSA) is 60.4 Å². The molecule has 0 N–H and O–H groups in total. The van der Waals surface area contributed by atoms with Gasteiger partial charge in [0.25, 0.3) is 0 Å². The molecule has 0 spiro atoms. The predicted molar refractivity (Wildman–Crippen MR) is 73.5 cm³/mol. The van der Waals surface area contributed by atoms with Crippen molar-refractivity contribution < 1.29 is 19.1 Å². The minimum Gasteiger partial charge on any atom is -0.461 e. The lowest BCUT2D eigenvalue weighted by atomic mass is 9.99. The first-order valence-corrected chi connectivity index (χ1v) is 7.56. The van der Waals surface area contributed by atoms with E-state index < -0.39 is 4.75 Å². The Morgan fingerprint density at radius 3 is 2.44 bits per heavy atom. The van der Waals surface area contributed by atoms with E-state index in [1.54, 1.807) is 0 Å². The molecule has 1 aliphatic rings. The van der Waals surface area contributed by atoms with Gasteiger partial charge in [-0.2, -0.15) is 0 Å². The summed E-state index contributed by atoms with van der Waals surface area (Å²) < 4.78 is 4.92. The maximum atomic E-state index is 11.7. The highest BCUT2D eigenvalue weighted by Crippen LogP contribution is 2.38. The number of hydrogen-bond acceptors (Lipinski definition) is 6. The van der Waals surface area contributed by atoms with Crippen molar-refractivity contribution in [3.63, 3.8) is 0 Å². The molecule has 0 aromatic heterocycles. The Morgan fingerprint density at radius 1 is 1.33 bits per heavy atom. The molecular weight excluding hydrogens is 272 g/mol. The number of carbonyl (C=O) groups is 3. The number of cyclic esters (lactones) is 1. The fourth-order valence-electron chi connectivity index (χ4n) is 1.86. The Kier molecular flexibility index (Phi) is 5.28. The second-order valence-electron chi connectivity index (χ2n) is 4.86. The molecule has 0 amide bonds. The SMILES string of the molecule is CC(=O)SC[C@H]1C[C@@H](C(C)(C)SC(C)=O)OC1=O. The number of rotatable bonds is 4. The molecule has 1 fully saturated rings. The molecule has 0 radical (unpaired) electrons. The van der Waals surface area contributed by atoms with E-state index in [9.17, 15) is 14.4 Å². The second kappa shape index (κ2) is 6.10. The molecule has 102 valence electrons. The zero-order valence-corrected chi connectivity index (χ0v) is 12.7. The van der Waals surface area contributed by atoms with Crippen LogP contribution in [0, 0.1) is 5.92 Å². The van der Waals surface area contributed by atoms with Crippen LogP contribution in [0.25, 0.3) is 0 Å². The van der Waals surface area contributed by atoms with E-state index in [4.69, 9.17) is 4.74 Å². The smallest absolute Gasteiger partial charge is 0.310 e. The van der Waals surface area contributed by atoms with Gasteiger partial charge in [-0.15, -0.1) is 0 Å². The van der Waals surface area contributed by atoms with Crippen LogP contribution in [-0.2, 0) is 19.1 Å². The third-order valence-corrected chi connectivity index (χ3v) is 4.81. The van der Waals surface area contributed by atoms with Gasteiger partial charge in [0.1, 0.15) is 6.10 Å². The molecule has 1 rings (SSSR count). The normalized spacial score (nSPS) is 23.9. The minimum absolute atomic E-state index is 0.00335. The standard InChI is InChI=1S/C12H18O4S2/c1-7(13)17-6-9-5-10(16-11(9)15)12(3,4)18-8(2)14/h9-10H,5-6H2,1-4H3/t9-,10+/m1/s1. The van der Waals surface area contributed by atoms with E-state index in [-0.39, 0.29) is 28.2 Å². The molecule has 2 atom stereocenters. The van der Waals surface area contributed by atoms with Crippen molar-refractivity contribution >= 4 is 39.7 Å².